The SMILES string of the molecule is CCOc1ccc(N(/C=C2\Sc3ccccc3C2=O)C(=O)C(C)C)cc1. The van der Waals surface area contributed by atoms with Crippen molar-refractivity contribution in [1.82, 2.24) is 0 Å². The lowest BCUT2D eigenvalue weighted by Gasteiger charge is -2.21. The molecule has 0 aromatic heterocycles. The van der Waals surface area contributed by atoms with Crippen LogP contribution in [0.5, 0.6) is 5.75 Å². The summed E-state index contributed by atoms with van der Waals surface area (Å²) in [4.78, 5) is 28.4. The fourth-order valence-corrected chi connectivity index (χ4v) is 3.67. The Kier molecular flexibility index (Phi) is 5.47. The van der Waals surface area contributed by atoms with E-state index in [2.05, 4.69) is 0 Å². The van der Waals surface area contributed by atoms with Gasteiger partial charge in [-0.2, -0.15) is 0 Å². The minimum Gasteiger partial charge on any atom is -0.494 e. The second-order valence-corrected chi connectivity index (χ2v) is 7.29. The second kappa shape index (κ2) is 7.79. The maximum Gasteiger partial charge on any atom is 0.233 e. The van der Waals surface area contributed by atoms with E-state index in [1.54, 1.807) is 11.1 Å². The van der Waals surface area contributed by atoms with Gasteiger partial charge in [0.25, 0.3) is 0 Å². The van der Waals surface area contributed by atoms with Gasteiger partial charge in [-0.1, -0.05) is 37.7 Å². The number of fused-ring (bicyclic) bond motifs is 1. The van der Waals surface area contributed by atoms with Crippen LogP contribution in [0.25, 0.3) is 0 Å². The molecule has 3 rings (SSSR count). The van der Waals surface area contributed by atoms with Gasteiger partial charge in [-0.25, -0.2) is 0 Å². The Balaban J connectivity index is 1.95. The zero-order chi connectivity index (χ0) is 18.7. The summed E-state index contributed by atoms with van der Waals surface area (Å²) in [5.41, 5.74) is 1.40. The molecule has 26 heavy (non-hydrogen) atoms. The lowest BCUT2D eigenvalue weighted by atomic mass is 10.1. The normalized spacial score (nSPS) is 14.6. The van der Waals surface area contributed by atoms with Crippen LogP contribution in [0.3, 0.4) is 0 Å². The van der Waals surface area contributed by atoms with Gasteiger partial charge in [-0.15, -0.1) is 0 Å². The number of rotatable bonds is 5. The predicted molar refractivity (Wildman–Crippen MR) is 105 cm³/mol. The van der Waals surface area contributed by atoms with Crippen LogP contribution >= 0.6 is 11.8 Å². The molecule has 2 aromatic carbocycles. The number of Topliss-reactive ketones (excluding diaryl/α,β-unsaturated/α-hetero) is 1. The smallest absolute Gasteiger partial charge is 0.233 e. The van der Waals surface area contributed by atoms with E-state index in [4.69, 9.17) is 4.74 Å². The molecule has 1 amide bonds. The molecule has 0 atom stereocenters. The number of hydrogen-bond acceptors (Lipinski definition) is 4. The Morgan fingerprint density at radius 1 is 1.15 bits per heavy atom. The van der Waals surface area contributed by atoms with Gasteiger partial charge < -0.3 is 4.74 Å². The van der Waals surface area contributed by atoms with E-state index in [9.17, 15) is 9.59 Å². The summed E-state index contributed by atoms with van der Waals surface area (Å²) in [6, 6.07) is 14.8. The minimum atomic E-state index is -0.192. The van der Waals surface area contributed by atoms with Gasteiger partial charge in [0.15, 0.2) is 0 Å². The Bertz CT molecular complexity index is 856. The largest absolute Gasteiger partial charge is 0.494 e. The number of anilines is 1. The third-order valence-electron chi connectivity index (χ3n) is 3.98. The first-order chi connectivity index (χ1) is 12.5. The predicted octanol–water partition coefficient (Wildman–Crippen LogP) is 4.90. The van der Waals surface area contributed by atoms with Crippen molar-refractivity contribution in [3.63, 3.8) is 0 Å². The van der Waals surface area contributed by atoms with Crippen molar-refractivity contribution in [2.45, 2.75) is 25.7 Å². The quantitative estimate of drug-likeness (QED) is 0.705. The van der Waals surface area contributed by atoms with Crippen LogP contribution < -0.4 is 9.64 Å². The molecule has 0 aliphatic carbocycles. The Labute approximate surface area is 157 Å². The molecular weight excluding hydrogens is 346 g/mol. The number of hydrogen-bond donors (Lipinski definition) is 0. The van der Waals surface area contributed by atoms with Crippen molar-refractivity contribution < 1.29 is 14.3 Å². The van der Waals surface area contributed by atoms with Gasteiger partial charge in [0.1, 0.15) is 5.75 Å². The molecule has 4 nitrogen and oxygen atoms in total. The van der Waals surface area contributed by atoms with Gasteiger partial charge >= 0.3 is 0 Å². The highest BCUT2D eigenvalue weighted by Gasteiger charge is 2.28. The summed E-state index contributed by atoms with van der Waals surface area (Å²) in [5.74, 6) is 0.450. The van der Waals surface area contributed by atoms with E-state index in [0.29, 0.717) is 22.8 Å². The molecular formula is C21H21NO3S. The van der Waals surface area contributed by atoms with Crippen molar-refractivity contribution in [2.75, 3.05) is 11.5 Å². The van der Waals surface area contributed by atoms with E-state index < -0.39 is 0 Å². The molecule has 2 aromatic rings. The number of nitrogens with zero attached hydrogens (tertiary/aromatic N) is 1. The summed E-state index contributed by atoms with van der Waals surface area (Å²) in [7, 11) is 0. The zero-order valence-corrected chi connectivity index (χ0v) is 15.9. The molecule has 0 N–H and O–H groups in total. The number of carbonyl (C=O) groups excluding carboxylic acids is 2. The van der Waals surface area contributed by atoms with E-state index in [1.807, 2.05) is 69.3 Å². The minimum absolute atomic E-state index is 0.0434. The monoisotopic (exact) mass is 367 g/mol. The fraction of sp³-hybridized carbons (Fsp3) is 0.238. The highest BCUT2D eigenvalue weighted by molar-refractivity contribution is 8.04. The van der Waals surface area contributed by atoms with E-state index in [0.717, 1.165) is 10.6 Å². The molecule has 0 spiro atoms. The number of carbonyl (C=O) groups is 2. The van der Waals surface area contributed by atoms with Gasteiger partial charge in [0.2, 0.25) is 11.7 Å². The van der Waals surface area contributed by atoms with Gasteiger partial charge in [-0.3, -0.25) is 14.5 Å². The Morgan fingerprint density at radius 2 is 1.85 bits per heavy atom. The first kappa shape index (κ1) is 18.3. The van der Waals surface area contributed by atoms with Gasteiger partial charge in [0, 0.05) is 28.3 Å². The van der Waals surface area contributed by atoms with Crippen molar-refractivity contribution in [3.8, 4) is 5.75 Å². The summed E-state index contributed by atoms with van der Waals surface area (Å²) < 4.78 is 5.46. The van der Waals surface area contributed by atoms with Crippen LogP contribution in [0.2, 0.25) is 0 Å². The van der Waals surface area contributed by atoms with E-state index in [1.165, 1.54) is 11.8 Å². The first-order valence-electron chi connectivity index (χ1n) is 8.60. The molecule has 0 unspecified atom stereocenters. The molecule has 1 aliphatic rings. The maximum absolute atomic E-state index is 12.8. The van der Waals surface area contributed by atoms with Crippen LogP contribution in [-0.2, 0) is 4.79 Å². The summed E-state index contributed by atoms with van der Waals surface area (Å²) in [5, 5.41) is 0. The molecule has 5 heteroatoms. The number of amides is 1. The van der Waals surface area contributed by atoms with Crippen molar-refractivity contribution >= 4 is 29.1 Å². The first-order valence-corrected chi connectivity index (χ1v) is 9.42. The number of ether oxygens (including phenoxy) is 1. The Morgan fingerprint density at radius 3 is 2.46 bits per heavy atom. The second-order valence-electron chi connectivity index (χ2n) is 6.21. The summed E-state index contributed by atoms with van der Waals surface area (Å²) in [6.45, 7) is 6.20. The summed E-state index contributed by atoms with van der Waals surface area (Å²) >= 11 is 1.40. The van der Waals surface area contributed by atoms with Crippen molar-refractivity contribution in [1.29, 1.82) is 0 Å². The molecule has 0 saturated heterocycles. The molecule has 1 heterocycles. The zero-order valence-electron chi connectivity index (χ0n) is 15.1. The van der Waals surface area contributed by atoms with Crippen LogP contribution in [0.4, 0.5) is 5.69 Å². The van der Waals surface area contributed by atoms with Crippen LogP contribution in [0, 0.1) is 5.92 Å². The molecule has 0 radical (unpaired) electrons. The molecule has 134 valence electrons. The summed E-state index contributed by atoms with van der Waals surface area (Å²) in [6.07, 6.45) is 1.66. The van der Waals surface area contributed by atoms with Gasteiger partial charge in [-0.05, 0) is 43.3 Å². The van der Waals surface area contributed by atoms with Crippen LogP contribution in [0.15, 0.2) is 64.5 Å². The van der Waals surface area contributed by atoms with E-state index in [-0.39, 0.29) is 17.6 Å². The number of thioether (sulfide) groups is 1. The standard InChI is InChI=1S/C21H21NO3S/c1-4-25-16-11-9-15(10-12-16)22(21(24)14(2)3)13-19-20(23)17-7-5-6-8-18(17)26-19/h5-14H,4H2,1-3H3/b19-13-. The average molecular weight is 367 g/mol. The van der Waals surface area contributed by atoms with Gasteiger partial charge in [0.05, 0.1) is 11.5 Å². The third-order valence-corrected chi connectivity index (χ3v) is 5.07. The average Bonchev–Trinajstić information content (AvgIpc) is 2.96. The molecule has 0 fully saturated rings. The number of allylic oxidation sites excluding steroid dienone is 1. The molecule has 1 aliphatic heterocycles. The third kappa shape index (κ3) is 3.68. The highest BCUT2D eigenvalue weighted by atomic mass is 32.2. The van der Waals surface area contributed by atoms with Crippen molar-refractivity contribution in [2.24, 2.45) is 5.92 Å². The fourth-order valence-electron chi connectivity index (χ4n) is 2.66. The number of ketones is 1. The van der Waals surface area contributed by atoms with Crippen LogP contribution in [0.1, 0.15) is 31.1 Å². The molecule has 0 saturated carbocycles. The highest BCUT2D eigenvalue weighted by Crippen LogP contribution is 2.40. The topological polar surface area (TPSA) is 46.6 Å². The van der Waals surface area contributed by atoms with Crippen LogP contribution in [-0.4, -0.2) is 18.3 Å². The Hall–Kier alpha value is -2.53. The lowest BCUT2D eigenvalue weighted by Crippen LogP contribution is -2.30. The maximum atomic E-state index is 12.8. The number of benzene rings is 2. The molecule has 0 bridgehead atoms. The van der Waals surface area contributed by atoms with Crippen molar-refractivity contribution in [3.05, 3.63) is 65.2 Å². The lowest BCUT2D eigenvalue weighted by molar-refractivity contribution is -0.120. The van der Waals surface area contributed by atoms with E-state index >= 15 is 0 Å².